The van der Waals surface area contributed by atoms with E-state index in [1.807, 2.05) is 7.11 Å². The summed E-state index contributed by atoms with van der Waals surface area (Å²) in [5.41, 5.74) is 1.15. The van der Waals surface area contributed by atoms with Gasteiger partial charge in [-0.1, -0.05) is 39.0 Å². The van der Waals surface area contributed by atoms with Crippen molar-refractivity contribution >= 4 is 0 Å². The van der Waals surface area contributed by atoms with Crippen LogP contribution in [0, 0.1) is 23.7 Å². The highest BCUT2D eigenvalue weighted by molar-refractivity contribution is 5.17. The van der Waals surface area contributed by atoms with Gasteiger partial charge in [0.05, 0.1) is 12.2 Å². The number of hydrogen-bond donors (Lipinski definition) is 0. The lowest BCUT2D eigenvalue weighted by atomic mass is 9.94. The van der Waals surface area contributed by atoms with Crippen LogP contribution >= 0.6 is 0 Å². The van der Waals surface area contributed by atoms with Gasteiger partial charge in [-0.2, -0.15) is 0 Å². The first-order valence-corrected chi connectivity index (χ1v) is 11.5. The average molecular weight is 425 g/mol. The van der Waals surface area contributed by atoms with Crippen LogP contribution in [-0.2, 0) is 23.7 Å². The molecule has 5 nitrogen and oxygen atoms in total. The molecule has 1 heterocycles. The topological polar surface area (TPSA) is 46.2 Å². The fourth-order valence-electron chi connectivity index (χ4n) is 5.42. The summed E-state index contributed by atoms with van der Waals surface area (Å²) in [6.07, 6.45) is 10.5. The molecule has 1 saturated carbocycles. The van der Waals surface area contributed by atoms with Crippen molar-refractivity contribution in [1.82, 2.24) is 0 Å². The van der Waals surface area contributed by atoms with Gasteiger partial charge in [0.25, 0.3) is 0 Å². The van der Waals surface area contributed by atoms with E-state index in [1.165, 1.54) is 6.42 Å². The Morgan fingerprint density at radius 1 is 1.10 bits per heavy atom. The van der Waals surface area contributed by atoms with Crippen LogP contribution in [0.5, 0.6) is 0 Å². The van der Waals surface area contributed by atoms with Gasteiger partial charge in [0.15, 0.2) is 6.29 Å². The molecule has 1 aliphatic carbocycles. The van der Waals surface area contributed by atoms with Gasteiger partial charge in [0, 0.05) is 34.9 Å². The van der Waals surface area contributed by atoms with Crippen molar-refractivity contribution in [3.8, 4) is 0 Å². The molecule has 2 aliphatic rings. The Morgan fingerprint density at radius 3 is 2.37 bits per heavy atom. The van der Waals surface area contributed by atoms with E-state index >= 15 is 0 Å². The molecule has 30 heavy (non-hydrogen) atoms. The van der Waals surface area contributed by atoms with Gasteiger partial charge in [-0.15, -0.1) is 0 Å². The maximum absolute atomic E-state index is 6.12. The highest BCUT2D eigenvalue weighted by Crippen LogP contribution is 2.54. The summed E-state index contributed by atoms with van der Waals surface area (Å²) >= 11 is 0. The molecule has 5 heteroatoms. The fraction of sp³-hybridized carbons (Fsp3) is 0.840. The largest absolute Gasteiger partial charge is 0.381 e. The molecule has 1 saturated heterocycles. The molecule has 9 atom stereocenters. The van der Waals surface area contributed by atoms with Gasteiger partial charge in [-0.3, -0.25) is 0 Å². The van der Waals surface area contributed by atoms with Gasteiger partial charge in [-0.25, -0.2) is 0 Å². The molecule has 2 rings (SSSR count). The Bertz CT molecular complexity index is 556. The fourth-order valence-corrected chi connectivity index (χ4v) is 5.42. The summed E-state index contributed by atoms with van der Waals surface area (Å²) < 4.78 is 28.4. The van der Waals surface area contributed by atoms with Crippen molar-refractivity contribution in [2.75, 3.05) is 28.4 Å². The Labute approximate surface area is 184 Å². The van der Waals surface area contributed by atoms with Crippen molar-refractivity contribution in [2.24, 2.45) is 23.7 Å². The Hall–Kier alpha value is -0.720. The second-order valence-corrected chi connectivity index (χ2v) is 9.00. The van der Waals surface area contributed by atoms with Gasteiger partial charge in [-0.05, 0) is 55.4 Å². The van der Waals surface area contributed by atoms with Crippen molar-refractivity contribution in [3.05, 3.63) is 23.8 Å². The summed E-state index contributed by atoms with van der Waals surface area (Å²) in [6, 6.07) is 0. The second kappa shape index (κ2) is 12.4. The molecule has 0 N–H and O–H groups in total. The molecule has 174 valence electrons. The van der Waals surface area contributed by atoms with E-state index in [2.05, 4.69) is 45.9 Å². The molecule has 9 unspecified atom stereocenters. The first kappa shape index (κ1) is 25.5. The SMILES string of the molecule is CCC(OC)C(C)C1C(C)C1CC/C=C/C=C(\C)C1OC(OC)C(OC)CC1OC. The maximum Gasteiger partial charge on any atom is 0.184 e. The van der Waals surface area contributed by atoms with Crippen LogP contribution in [0.25, 0.3) is 0 Å². The van der Waals surface area contributed by atoms with Crippen LogP contribution in [0.3, 0.4) is 0 Å². The van der Waals surface area contributed by atoms with E-state index in [0.717, 1.165) is 42.6 Å². The first-order valence-electron chi connectivity index (χ1n) is 11.5. The van der Waals surface area contributed by atoms with Gasteiger partial charge < -0.3 is 23.7 Å². The Morgan fingerprint density at radius 2 is 1.80 bits per heavy atom. The molecule has 0 spiro atoms. The minimum absolute atomic E-state index is 0.0344. The monoisotopic (exact) mass is 424 g/mol. The molecular weight excluding hydrogens is 380 g/mol. The summed E-state index contributed by atoms with van der Waals surface area (Å²) in [6.45, 7) is 9.07. The lowest BCUT2D eigenvalue weighted by Crippen LogP contribution is -2.49. The average Bonchev–Trinajstić information content (AvgIpc) is 3.41. The van der Waals surface area contributed by atoms with E-state index in [1.54, 1.807) is 21.3 Å². The van der Waals surface area contributed by atoms with E-state index < -0.39 is 0 Å². The molecular formula is C25H44O5. The van der Waals surface area contributed by atoms with E-state index in [4.69, 9.17) is 23.7 Å². The first-order chi connectivity index (χ1) is 14.4. The maximum atomic E-state index is 6.12. The van der Waals surface area contributed by atoms with Gasteiger partial charge in [0.2, 0.25) is 0 Å². The zero-order valence-electron chi connectivity index (χ0n) is 20.3. The van der Waals surface area contributed by atoms with Crippen molar-refractivity contribution in [3.63, 3.8) is 0 Å². The number of allylic oxidation sites excluding steroid dienone is 3. The minimum Gasteiger partial charge on any atom is -0.381 e. The number of rotatable bonds is 12. The summed E-state index contributed by atoms with van der Waals surface area (Å²) in [5.74, 6) is 3.09. The molecule has 0 bridgehead atoms. The van der Waals surface area contributed by atoms with E-state index in [-0.39, 0.29) is 24.6 Å². The summed E-state index contributed by atoms with van der Waals surface area (Å²) in [7, 11) is 6.91. The normalized spacial score (nSPS) is 36.8. The van der Waals surface area contributed by atoms with E-state index in [0.29, 0.717) is 12.0 Å². The minimum atomic E-state index is -0.368. The third-order valence-electron chi connectivity index (χ3n) is 7.37. The molecule has 2 fully saturated rings. The lowest BCUT2D eigenvalue weighted by molar-refractivity contribution is -0.256. The number of hydrogen-bond acceptors (Lipinski definition) is 5. The Kier molecular flexibility index (Phi) is 10.5. The molecule has 0 aromatic carbocycles. The second-order valence-electron chi connectivity index (χ2n) is 9.00. The summed E-state index contributed by atoms with van der Waals surface area (Å²) in [5, 5.41) is 0. The predicted octanol–water partition coefficient (Wildman–Crippen LogP) is 5.00. The van der Waals surface area contributed by atoms with Crippen LogP contribution in [0.1, 0.15) is 53.4 Å². The molecule has 0 radical (unpaired) electrons. The third kappa shape index (κ3) is 6.17. The quantitative estimate of drug-likeness (QED) is 0.412. The summed E-state index contributed by atoms with van der Waals surface area (Å²) in [4.78, 5) is 0. The van der Waals surface area contributed by atoms with Crippen molar-refractivity contribution in [1.29, 1.82) is 0 Å². The zero-order valence-corrected chi connectivity index (χ0v) is 20.3. The van der Waals surface area contributed by atoms with Crippen molar-refractivity contribution in [2.45, 2.75) is 84.1 Å². The predicted molar refractivity (Wildman–Crippen MR) is 120 cm³/mol. The van der Waals surface area contributed by atoms with Crippen LogP contribution in [0.2, 0.25) is 0 Å². The molecule has 0 aromatic heterocycles. The molecule has 1 aliphatic heterocycles. The zero-order chi connectivity index (χ0) is 22.3. The number of ether oxygens (including phenoxy) is 5. The third-order valence-corrected chi connectivity index (χ3v) is 7.37. The molecule has 0 aromatic rings. The Balaban J connectivity index is 1.84. The standard InChI is InChI=1S/C25H44O5/c1-9-20(26-5)18(4)23-17(3)19(23)14-12-10-11-13-16(2)24-21(27-6)15-22(28-7)25(29-8)30-24/h10-11,13,17-25H,9,12,14-15H2,1-8H3/b11-10+,16-13+. The molecule has 0 amide bonds. The van der Waals surface area contributed by atoms with Gasteiger partial charge >= 0.3 is 0 Å². The van der Waals surface area contributed by atoms with Crippen molar-refractivity contribution < 1.29 is 23.7 Å². The highest BCUT2D eigenvalue weighted by Gasteiger charge is 2.50. The van der Waals surface area contributed by atoms with Crippen LogP contribution in [0.4, 0.5) is 0 Å². The van der Waals surface area contributed by atoms with Crippen LogP contribution in [0.15, 0.2) is 23.8 Å². The lowest BCUT2D eigenvalue weighted by Gasteiger charge is -2.39. The van der Waals surface area contributed by atoms with Crippen LogP contribution in [-0.4, -0.2) is 59.1 Å². The van der Waals surface area contributed by atoms with Gasteiger partial charge in [0.1, 0.15) is 12.2 Å². The highest BCUT2D eigenvalue weighted by atomic mass is 16.7. The smallest absolute Gasteiger partial charge is 0.184 e. The number of methoxy groups -OCH3 is 4. The van der Waals surface area contributed by atoms with Crippen LogP contribution < -0.4 is 0 Å². The van der Waals surface area contributed by atoms with E-state index in [9.17, 15) is 0 Å².